The summed E-state index contributed by atoms with van der Waals surface area (Å²) in [5, 5.41) is 0. The van der Waals surface area contributed by atoms with Crippen LogP contribution in [-0.4, -0.2) is 16.4 Å². The Balaban J connectivity index is 1.92. The number of hydrogen-bond acceptors (Lipinski definition) is 3. The lowest BCUT2D eigenvalue weighted by Crippen LogP contribution is -2.44. The van der Waals surface area contributed by atoms with E-state index in [9.17, 15) is 27.6 Å². The highest BCUT2D eigenvalue weighted by Crippen LogP contribution is 2.28. The standard InChI is InChI=1S/C15H12F3N3O3/c16-15(17,18)11-6-4-10(5-7-11)14(24)20-19-12(22)9-21-8-2-1-3-13(21)23/h1-8H,9H2,(H,19,22)(H,20,24). The van der Waals surface area contributed by atoms with Crippen LogP contribution in [0.2, 0.25) is 0 Å². The Morgan fingerprint density at radius 3 is 2.25 bits per heavy atom. The highest BCUT2D eigenvalue weighted by atomic mass is 19.4. The second-order valence-corrected chi connectivity index (χ2v) is 4.74. The predicted molar refractivity (Wildman–Crippen MR) is 77.8 cm³/mol. The Kier molecular flexibility index (Phi) is 5.02. The lowest BCUT2D eigenvalue weighted by atomic mass is 10.1. The zero-order chi connectivity index (χ0) is 17.7. The molecule has 0 atom stereocenters. The number of amides is 2. The van der Waals surface area contributed by atoms with Crippen LogP contribution in [0.25, 0.3) is 0 Å². The van der Waals surface area contributed by atoms with Gasteiger partial charge in [-0.25, -0.2) is 0 Å². The van der Waals surface area contributed by atoms with Gasteiger partial charge in [0.2, 0.25) is 0 Å². The van der Waals surface area contributed by atoms with Crippen LogP contribution in [-0.2, 0) is 17.5 Å². The van der Waals surface area contributed by atoms with Crippen LogP contribution in [0.4, 0.5) is 13.2 Å². The molecule has 0 aliphatic carbocycles. The molecule has 126 valence electrons. The highest BCUT2D eigenvalue weighted by Gasteiger charge is 2.30. The summed E-state index contributed by atoms with van der Waals surface area (Å²) in [7, 11) is 0. The molecule has 2 rings (SSSR count). The number of hydrazine groups is 1. The number of halogens is 3. The fourth-order valence-corrected chi connectivity index (χ4v) is 1.79. The van der Waals surface area contributed by atoms with Crippen molar-refractivity contribution < 1.29 is 22.8 Å². The monoisotopic (exact) mass is 339 g/mol. The first-order chi connectivity index (χ1) is 11.3. The van der Waals surface area contributed by atoms with Crippen molar-refractivity contribution >= 4 is 11.8 Å². The maximum atomic E-state index is 12.4. The molecule has 0 radical (unpaired) electrons. The molecule has 0 unspecified atom stereocenters. The number of benzene rings is 1. The summed E-state index contributed by atoms with van der Waals surface area (Å²) in [5.41, 5.74) is 2.82. The average molecular weight is 339 g/mol. The third kappa shape index (κ3) is 4.45. The summed E-state index contributed by atoms with van der Waals surface area (Å²) in [6.07, 6.45) is -3.09. The van der Waals surface area contributed by atoms with Crippen LogP contribution < -0.4 is 16.4 Å². The molecule has 0 aliphatic rings. The average Bonchev–Trinajstić information content (AvgIpc) is 2.54. The second kappa shape index (κ2) is 6.99. The molecule has 1 aromatic carbocycles. The summed E-state index contributed by atoms with van der Waals surface area (Å²) in [6.45, 7) is -0.313. The highest BCUT2D eigenvalue weighted by molar-refractivity contribution is 5.95. The van der Waals surface area contributed by atoms with Gasteiger partial charge in [-0.1, -0.05) is 6.07 Å². The SMILES string of the molecule is O=C(Cn1ccccc1=O)NNC(=O)c1ccc(C(F)(F)F)cc1. The van der Waals surface area contributed by atoms with E-state index in [0.29, 0.717) is 0 Å². The normalized spacial score (nSPS) is 11.0. The summed E-state index contributed by atoms with van der Waals surface area (Å²) in [5.74, 6) is -1.44. The Labute approximate surface area is 133 Å². The molecule has 0 spiro atoms. The van der Waals surface area contributed by atoms with Gasteiger partial charge in [-0.3, -0.25) is 25.2 Å². The summed E-state index contributed by atoms with van der Waals surface area (Å²) in [6, 6.07) is 7.87. The van der Waals surface area contributed by atoms with Gasteiger partial charge in [-0.2, -0.15) is 13.2 Å². The molecule has 0 saturated heterocycles. The zero-order valence-electron chi connectivity index (χ0n) is 12.1. The molecule has 24 heavy (non-hydrogen) atoms. The molecule has 0 saturated carbocycles. The number of carbonyl (C=O) groups is 2. The molecule has 6 nitrogen and oxygen atoms in total. The van der Waals surface area contributed by atoms with Gasteiger partial charge in [-0.15, -0.1) is 0 Å². The van der Waals surface area contributed by atoms with Crippen LogP contribution in [0, 0.1) is 0 Å². The predicted octanol–water partition coefficient (Wildman–Crippen LogP) is 1.33. The lowest BCUT2D eigenvalue weighted by Gasteiger charge is -2.10. The molecule has 0 bridgehead atoms. The Bertz CT molecular complexity index is 798. The molecular formula is C15H12F3N3O3. The van der Waals surface area contributed by atoms with Crippen molar-refractivity contribution in [1.82, 2.24) is 15.4 Å². The number of hydrogen-bond donors (Lipinski definition) is 2. The molecule has 2 N–H and O–H groups in total. The molecule has 1 heterocycles. The van der Waals surface area contributed by atoms with Crippen molar-refractivity contribution in [2.24, 2.45) is 0 Å². The molecule has 2 aromatic rings. The van der Waals surface area contributed by atoms with E-state index in [1.165, 1.54) is 18.3 Å². The van der Waals surface area contributed by atoms with Crippen LogP contribution >= 0.6 is 0 Å². The number of aromatic nitrogens is 1. The smallest absolute Gasteiger partial charge is 0.306 e. The Hall–Kier alpha value is -3.10. The molecule has 1 aromatic heterocycles. The van der Waals surface area contributed by atoms with E-state index in [1.54, 1.807) is 6.07 Å². The molecule has 9 heteroatoms. The third-order valence-corrected chi connectivity index (χ3v) is 3.00. The van der Waals surface area contributed by atoms with Gasteiger partial charge in [0.1, 0.15) is 6.54 Å². The van der Waals surface area contributed by atoms with Crippen molar-refractivity contribution in [3.8, 4) is 0 Å². The number of pyridine rings is 1. The minimum Gasteiger partial charge on any atom is -0.306 e. The number of carbonyl (C=O) groups excluding carboxylic acids is 2. The van der Waals surface area contributed by atoms with E-state index in [-0.39, 0.29) is 17.7 Å². The lowest BCUT2D eigenvalue weighted by molar-refractivity contribution is -0.137. The molecule has 0 aliphatic heterocycles. The number of nitrogens with zero attached hydrogens (tertiary/aromatic N) is 1. The maximum absolute atomic E-state index is 12.4. The fraction of sp³-hybridized carbons (Fsp3) is 0.133. The molecular weight excluding hydrogens is 327 g/mol. The van der Waals surface area contributed by atoms with Crippen molar-refractivity contribution in [2.75, 3.05) is 0 Å². The first kappa shape index (κ1) is 17.3. The fourth-order valence-electron chi connectivity index (χ4n) is 1.79. The minimum absolute atomic E-state index is 0.0554. The van der Waals surface area contributed by atoms with Crippen LogP contribution in [0.15, 0.2) is 53.5 Å². The van der Waals surface area contributed by atoms with Gasteiger partial charge in [0, 0.05) is 17.8 Å². The van der Waals surface area contributed by atoms with Crippen LogP contribution in [0.3, 0.4) is 0 Å². The topological polar surface area (TPSA) is 80.2 Å². The van der Waals surface area contributed by atoms with E-state index in [0.717, 1.165) is 28.8 Å². The number of alkyl halides is 3. The second-order valence-electron chi connectivity index (χ2n) is 4.74. The van der Waals surface area contributed by atoms with Crippen LogP contribution in [0.1, 0.15) is 15.9 Å². The number of rotatable bonds is 3. The van der Waals surface area contributed by atoms with E-state index >= 15 is 0 Å². The van der Waals surface area contributed by atoms with Crippen molar-refractivity contribution in [2.45, 2.75) is 12.7 Å². The van der Waals surface area contributed by atoms with Gasteiger partial charge >= 0.3 is 6.18 Å². The van der Waals surface area contributed by atoms with Gasteiger partial charge in [0.15, 0.2) is 0 Å². The molecule has 0 fully saturated rings. The third-order valence-electron chi connectivity index (χ3n) is 3.00. The summed E-state index contributed by atoms with van der Waals surface area (Å²) < 4.78 is 38.4. The largest absolute Gasteiger partial charge is 0.416 e. The van der Waals surface area contributed by atoms with Gasteiger partial charge < -0.3 is 4.57 Å². The zero-order valence-corrected chi connectivity index (χ0v) is 12.1. The van der Waals surface area contributed by atoms with Gasteiger partial charge in [0.25, 0.3) is 17.4 Å². The minimum atomic E-state index is -4.49. The van der Waals surface area contributed by atoms with Crippen LogP contribution in [0.5, 0.6) is 0 Å². The number of nitrogens with one attached hydrogen (secondary N) is 2. The Morgan fingerprint density at radius 1 is 1.00 bits per heavy atom. The van der Waals surface area contributed by atoms with E-state index in [4.69, 9.17) is 0 Å². The first-order valence-corrected chi connectivity index (χ1v) is 6.69. The van der Waals surface area contributed by atoms with E-state index in [1.807, 2.05) is 0 Å². The quantitative estimate of drug-likeness (QED) is 0.828. The van der Waals surface area contributed by atoms with Crippen molar-refractivity contribution in [3.05, 3.63) is 70.1 Å². The first-order valence-electron chi connectivity index (χ1n) is 6.69. The van der Waals surface area contributed by atoms with E-state index in [2.05, 4.69) is 10.9 Å². The van der Waals surface area contributed by atoms with E-state index < -0.39 is 23.6 Å². The van der Waals surface area contributed by atoms with Crippen molar-refractivity contribution in [1.29, 1.82) is 0 Å². The summed E-state index contributed by atoms with van der Waals surface area (Å²) >= 11 is 0. The Morgan fingerprint density at radius 2 is 1.67 bits per heavy atom. The molecule has 2 amide bonds. The van der Waals surface area contributed by atoms with Crippen molar-refractivity contribution in [3.63, 3.8) is 0 Å². The van der Waals surface area contributed by atoms with Gasteiger partial charge in [0.05, 0.1) is 5.56 Å². The maximum Gasteiger partial charge on any atom is 0.416 e. The van der Waals surface area contributed by atoms with Gasteiger partial charge in [-0.05, 0) is 30.3 Å². The summed E-state index contributed by atoms with van der Waals surface area (Å²) in [4.78, 5) is 34.8.